The van der Waals surface area contributed by atoms with Crippen molar-refractivity contribution >= 4 is 27.5 Å². The van der Waals surface area contributed by atoms with Gasteiger partial charge in [0, 0.05) is 35.8 Å². The van der Waals surface area contributed by atoms with Gasteiger partial charge in [-0.05, 0) is 30.2 Å². The van der Waals surface area contributed by atoms with Crippen molar-refractivity contribution in [2.45, 2.75) is 35.7 Å². The number of fused-ring (bicyclic) bond motifs is 1. The number of rotatable bonds is 2. The van der Waals surface area contributed by atoms with Crippen LogP contribution in [0.1, 0.15) is 19.4 Å². The molecule has 2 unspecified atom stereocenters. The summed E-state index contributed by atoms with van der Waals surface area (Å²) in [6.45, 7) is 6.29. The van der Waals surface area contributed by atoms with Crippen molar-refractivity contribution in [3.8, 4) is 0 Å². The van der Waals surface area contributed by atoms with E-state index in [2.05, 4.69) is 19.2 Å². The first-order valence-corrected chi connectivity index (χ1v) is 9.37. The molecule has 4 nitrogen and oxygen atoms in total. The van der Waals surface area contributed by atoms with Crippen LogP contribution in [0.25, 0.3) is 0 Å². The summed E-state index contributed by atoms with van der Waals surface area (Å²) in [5.74, 6) is 0. The van der Waals surface area contributed by atoms with Crippen LogP contribution in [0.3, 0.4) is 0 Å². The molecule has 0 amide bonds. The zero-order valence-electron chi connectivity index (χ0n) is 11.8. The third kappa shape index (κ3) is 2.56. The third-order valence-electron chi connectivity index (χ3n) is 3.81. The maximum absolute atomic E-state index is 12.8. The van der Waals surface area contributed by atoms with E-state index in [4.69, 9.17) is 0 Å². The molecule has 0 aromatic heterocycles. The normalized spacial score (nSPS) is 27.1. The van der Waals surface area contributed by atoms with Crippen molar-refractivity contribution in [1.82, 2.24) is 4.31 Å². The topological polar surface area (TPSA) is 49.4 Å². The van der Waals surface area contributed by atoms with Gasteiger partial charge in [0.05, 0.1) is 4.90 Å². The van der Waals surface area contributed by atoms with E-state index in [9.17, 15) is 8.42 Å². The Bertz CT molecular complexity index is 606. The molecule has 3 rings (SSSR count). The van der Waals surface area contributed by atoms with Crippen molar-refractivity contribution in [1.29, 1.82) is 0 Å². The quantitative estimate of drug-likeness (QED) is 0.909. The number of benzene rings is 1. The van der Waals surface area contributed by atoms with Gasteiger partial charge < -0.3 is 5.32 Å². The first kappa shape index (κ1) is 14.2. The smallest absolute Gasteiger partial charge is 0.243 e. The molecule has 1 N–H and O–H groups in total. The van der Waals surface area contributed by atoms with Gasteiger partial charge in [-0.15, -0.1) is 0 Å². The van der Waals surface area contributed by atoms with Crippen molar-refractivity contribution < 1.29 is 8.42 Å². The van der Waals surface area contributed by atoms with Crippen LogP contribution in [0.5, 0.6) is 0 Å². The van der Waals surface area contributed by atoms with Crippen LogP contribution in [0.4, 0.5) is 5.69 Å². The van der Waals surface area contributed by atoms with Gasteiger partial charge in [-0.3, -0.25) is 0 Å². The van der Waals surface area contributed by atoms with E-state index in [1.807, 2.05) is 23.9 Å². The van der Waals surface area contributed by atoms with E-state index in [1.165, 1.54) is 0 Å². The van der Waals surface area contributed by atoms with E-state index < -0.39 is 10.0 Å². The van der Waals surface area contributed by atoms with Gasteiger partial charge in [-0.1, -0.05) is 13.8 Å². The number of hydrogen-bond acceptors (Lipinski definition) is 4. The van der Waals surface area contributed by atoms with Gasteiger partial charge in [0.2, 0.25) is 10.0 Å². The molecule has 6 heteroatoms. The van der Waals surface area contributed by atoms with Crippen molar-refractivity contribution in [2.75, 3.05) is 25.0 Å². The van der Waals surface area contributed by atoms with Crippen LogP contribution >= 0.6 is 11.8 Å². The molecule has 20 heavy (non-hydrogen) atoms. The highest BCUT2D eigenvalue weighted by Crippen LogP contribution is 2.31. The number of sulfonamides is 1. The highest BCUT2D eigenvalue weighted by molar-refractivity contribution is 8.00. The predicted octanol–water partition coefficient (Wildman–Crippen LogP) is 2.17. The lowest BCUT2D eigenvalue weighted by Gasteiger charge is -2.33. The first-order chi connectivity index (χ1) is 9.46. The SMILES string of the molecule is CC1CN(S(=O)(=O)c2ccc3c(c2)CCN3)CC(C)S1. The minimum Gasteiger partial charge on any atom is -0.384 e. The standard InChI is InChI=1S/C14H20N2O2S2/c1-10-8-16(9-11(2)19-10)20(17,18)13-3-4-14-12(7-13)5-6-15-14/h3-4,7,10-11,15H,5-6,8-9H2,1-2H3. The molecule has 1 aromatic carbocycles. The molecule has 0 saturated carbocycles. The van der Waals surface area contributed by atoms with Crippen LogP contribution in [-0.2, 0) is 16.4 Å². The Morgan fingerprint density at radius 1 is 1.25 bits per heavy atom. The Balaban J connectivity index is 1.91. The lowest BCUT2D eigenvalue weighted by Crippen LogP contribution is -2.43. The average Bonchev–Trinajstić information content (AvgIpc) is 2.84. The van der Waals surface area contributed by atoms with Gasteiger partial charge in [0.15, 0.2) is 0 Å². The molecular weight excluding hydrogens is 292 g/mol. The van der Waals surface area contributed by atoms with E-state index >= 15 is 0 Å². The van der Waals surface area contributed by atoms with Crippen LogP contribution in [0.2, 0.25) is 0 Å². The number of thioether (sulfide) groups is 1. The Kier molecular flexibility index (Phi) is 3.73. The summed E-state index contributed by atoms with van der Waals surface area (Å²) in [6.07, 6.45) is 0.904. The van der Waals surface area contributed by atoms with Gasteiger partial charge in [-0.25, -0.2) is 8.42 Å². The second-order valence-electron chi connectivity index (χ2n) is 5.58. The minimum absolute atomic E-state index is 0.351. The molecule has 1 fully saturated rings. The maximum Gasteiger partial charge on any atom is 0.243 e. The van der Waals surface area contributed by atoms with E-state index in [-0.39, 0.29) is 0 Å². The van der Waals surface area contributed by atoms with Crippen molar-refractivity contribution in [2.24, 2.45) is 0 Å². The lowest BCUT2D eigenvalue weighted by molar-refractivity contribution is 0.405. The molecule has 0 radical (unpaired) electrons. The van der Waals surface area contributed by atoms with E-state index in [1.54, 1.807) is 10.4 Å². The highest BCUT2D eigenvalue weighted by atomic mass is 32.2. The van der Waals surface area contributed by atoms with Crippen molar-refractivity contribution in [3.05, 3.63) is 23.8 Å². The zero-order chi connectivity index (χ0) is 14.3. The van der Waals surface area contributed by atoms with Crippen LogP contribution < -0.4 is 5.32 Å². The molecule has 2 aliphatic rings. The highest BCUT2D eigenvalue weighted by Gasteiger charge is 2.32. The maximum atomic E-state index is 12.8. The zero-order valence-corrected chi connectivity index (χ0v) is 13.4. The summed E-state index contributed by atoms with van der Waals surface area (Å²) in [4.78, 5) is 0.436. The summed E-state index contributed by atoms with van der Waals surface area (Å²) < 4.78 is 27.2. The summed E-state index contributed by atoms with van der Waals surface area (Å²) in [7, 11) is -3.36. The van der Waals surface area contributed by atoms with Crippen LogP contribution in [0.15, 0.2) is 23.1 Å². The second kappa shape index (κ2) is 5.24. The first-order valence-electron chi connectivity index (χ1n) is 6.99. The molecule has 2 aliphatic heterocycles. The van der Waals surface area contributed by atoms with Gasteiger partial charge in [-0.2, -0.15) is 16.1 Å². The summed E-state index contributed by atoms with van der Waals surface area (Å²) in [5.41, 5.74) is 2.18. The lowest BCUT2D eigenvalue weighted by atomic mass is 10.2. The number of anilines is 1. The monoisotopic (exact) mass is 312 g/mol. The Labute approximate surface area is 125 Å². The Hall–Kier alpha value is -0.720. The van der Waals surface area contributed by atoms with Gasteiger partial charge >= 0.3 is 0 Å². The third-order valence-corrected chi connectivity index (χ3v) is 6.87. The summed E-state index contributed by atoms with van der Waals surface area (Å²) >= 11 is 1.86. The molecule has 2 heterocycles. The molecule has 0 spiro atoms. The molecule has 110 valence electrons. The van der Waals surface area contributed by atoms with Crippen molar-refractivity contribution in [3.63, 3.8) is 0 Å². The minimum atomic E-state index is -3.36. The summed E-state index contributed by atoms with van der Waals surface area (Å²) in [6, 6.07) is 5.45. The Morgan fingerprint density at radius 3 is 2.65 bits per heavy atom. The van der Waals surface area contributed by atoms with Crippen LogP contribution in [-0.4, -0.2) is 42.9 Å². The Morgan fingerprint density at radius 2 is 1.95 bits per heavy atom. The molecule has 2 atom stereocenters. The van der Waals surface area contributed by atoms with Crippen LogP contribution in [0, 0.1) is 0 Å². The number of nitrogens with one attached hydrogen (secondary N) is 1. The number of nitrogens with zero attached hydrogens (tertiary/aromatic N) is 1. The molecule has 1 aromatic rings. The summed E-state index contributed by atoms with van der Waals surface area (Å²) in [5, 5.41) is 3.96. The predicted molar refractivity (Wildman–Crippen MR) is 83.9 cm³/mol. The number of hydrogen-bond donors (Lipinski definition) is 1. The molecule has 0 bridgehead atoms. The van der Waals surface area contributed by atoms with Gasteiger partial charge in [0.25, 0.3) is 0 Å². The van der Waals surface area contributed by atoms with E-state index in [0.717, 1.165) is 24.2 Å². The fourth-order valence-electron chi connectivity index (χ4n) is 2.92. The van der Waals surface area contributed by atoms with Gasteiger partial charge in [0.1, 0.15) is 0 Å². The largest absolute Gasteiger partial charge is 0.384 e. The second-order valence-corrected chi connectivity index (χ2v) is 9.39. The fourth-order valence-corrected chi connectivity index (χ4v) is 6.10. The molecule has 0 aliphatic carbocycles. The fraction of sp³-hybridized carbons (Fsp3) is 0.571. The molecular formula is C14H20N2O2S2. The average molecular weight is 312 g/mol. The van der Waals surface area contributed by atoms with E-state index in [0.29, 0.717) is 28.5 Å². The molecule has 1 saturated heterocycles.